The van der Waals surface area contributed by atoms with Gasteiger partial charge in [-0.15, -0.1) is 0 Å². The van der Waals surface area contributed by atoms with Crippen molar-refractivity contribution < 1.29 is 22.6 Å². The zero-order valence-electron chi connectivity index (χ0n) is 17.3. The number of nitrogens with one attached hydrogen (secondary N) is 1. The summed E-state index contributed by atoms with van der Waals surface area (Å²) in [5.41, 5.74) is 3.99. The van der Waals surface area contributed by atoms with Gasteiger partial charge in [-0.3, -0.25) is 4.72 Å². The molecule has 0 aromatic heterocycles. The van der Waals surface area contributed by atoms with Gasteiger partial charge in [0.25, 0.3) is 0 Å². The minimum atomic E-state index is -3.41. The normalized spacial score (nSPS) is 14.6. The van der Waals surface area contributed by atoms with E-state index in [-0.39, 0.29) is 0 Å². The number of anilines is 1. The monoisotopic (exact) mass is 437 g/mol. The van der Waals surface area contributed by atoms with Crippen molar-refractivity contribution in [3.05, 3.63) is 84.4 Å². The molecule has 1 aliphatic heterocycles. The summed E-state index contributed by atoms with van der Waals surface area (Å²) >= 11 is 0. The van der Waals surface area contributed by atoms with E-state index in [4.69, 9.17) is 14.2 Å². The maximum Gasteiger partial charge on any atom is 0.229 e. The third kappa shape index (κ3) is 4.36. The average molecular weight is 438 g/mol. The summed E-state index contributed by atoms with van der Waals surface area (Å²) in [7, 11) is -1.80. The van der Waals surface area contributed by atoms with Gasteiger partial charge in [0.15, 0.2) is 0 Å². The number of hydrogen-bond donors (Lipinski definition) is 1. The molecule has 1 aliphatic rings. The van der Waals surface area contributed by atoms with Gasteiger partial charge in [-0.1, -0.05) is 36.9 Å². The Kier molecular flexibility index (Phi) is 5.61. The Hall–Kier alpha value is -3.45. The smallest absolute Gasteiger partial charge is 0.229 e. The molecular weight excluding hydrogens is 414 g/mol. The zero-order chi connectivity index (χ0) is 22.0. The molecule has 1 atom stereocenters. The fourth-order valence-corrected chi connectivity index (χ4v) is 4.22. The lowest BCUT2D eigenvalue weighted by molar-refractivity contribution is 0.242. The van der Waals surface area contributed by atoms with E-state index in [0.29, 0.717) is 23.8 Å². The van der Waals surface area contributed by atoms with Crippen LogP contribution < -0.4 is 18.9 Å². The topological polar surface area (TPSA) is 73.9 Å². The molecule has 7 heteroatoms. The van der Waals surface area contributed by atoms with E-state index < -0.39 is 16.1 Å². The summed E-state index contributed by atoms with van der Waals surface area (Å²) in [5, 5.41) is 0. The lowest BCUT2D eigenvalue weighted by Gasteiger charge is -2.30. The molecule has 160 valence electrons. The first kappa shape index (κ1) is 20.8. The molecule has 31 heavy (non-hydrogen) atoms. The van der Waals surface area contributed by atoms with Crippen LogP contribution in [0.25, 0.3) is 11.1 Å². The van der Waals surface area contributed by atoms with Gasteiger partial charge < -0.3 is 14.2 Å². The maximum absolute atomic E-state index is 11.8. The number of sulfonamides is 1. The van der Waals surface area contributed by atoms with E-state index in [2.05, 4.69) is 11.3 Å². The van der Waals surface area contributed by atoms with Crippen molar-refractivity contribution >= 4 is 15.7 Å². The van der Waals surface area contributed by atoms with Crippen LogP contribution in [0.5, 0.6) is 17.2 Å². The largest absolute Gasteiger partial charge is 0.496 e. The van der Waals surface area contributed by atoms with E-state index >= 15 is 0 Å². The van der Waals surface area contributed by atoms with Crippen molar-refractivity contribution in [1.82, 2.24) is 0 Å². The standard InChI is InChI=1S/C24H23NO5S/c1-4-14-29-18-11-8-16(9-12-18)24-20-15-17(25-31(3,26)27)10-13-19(20)23-21(28-2)6-5-7-22(23)30-24/h4-13,15,24-25H,1,14H2,2-3H3. The molecule has 0 saturated carbocycles. The van der Waals surface area contributed by atoms with Gasteiger partial charge in [-0.25, -0.2) is 8.42 Å². The molecule has 0 aliphatic carbocycles. The number of methoxy groups -OCH3 is 1. The van der Waals surface area contributed by atoms with Gasteiger partial charge in [-0.05, 0) is 47.5 Å². The molecule has 4 rings (SSSR count). The molecular formula is C24H23NO5S. The van der Waals surface area contributed by atoms with E-state index in [1.54, 1.807) is 25.3 Å². The second-order valence-corrected chi connectivity index (χ2v) is 8.92. The highest BCUT2D eigenvalue weighted by atomic mass is 32.2. The average Bonchev–Trinajstić information content (AvgIpc) is 2.75. The third-order valence-corrected chi connectivity index (χ3v) is 5.52. The molecule has 0 radical (unpaired) electrons. The summed E-state index contributed by atoms with van der Waals surface area (Å²) in [6.45, 7) is 4.08. The molecule has 0 amide bonds. The summed E-state index contributed by atoms with van der Waals surface area (Å²) in [6.07, 6.45) is 2.39. The van der Waals surface area contributed by atoms with E-state index in [1.807, 2.05) is 48.5 Å². The minimum Gasteiger partial charge on any atom is -0.496 e. The molecule has 0 spiro atoms. The summed E-state index contributed by atoms with van der Waals surface area (Å²) in [4.78, 5) is 0. The van der Waals surface area contributed by atoms with Crippen LogP contribution in [0.2, 0.25) is 0 Å². The first-order valence-electron chi connectivity index (χ1n) is 9.69. The Morgan fingerprint density at radius 3 is 2.58 bits per heavy atom. The Balaban J connectivity index is 1.82. The van der Waals surface area contributed by atoms with Crippen LogP contribution in [0.1, 0.15) is 17.2 Å². The number of benzene rings is 3. The highest BCUT2D eigenvalue weighted by molar-refractivity contribution is 7.92. The number of ether oxygens (including phenoxy) is 3. The second-order valence-electron chi connectivity index (χ2n) is 7.18. The van der Waals surface area contributed by atoms with Gasteiger partial charge in [0.1, 0.15) is 30.0 Å². The van der Waals surface area contributed by atoms with Gasteiger partial charge in [-0.2, -0.15) is 0 Å². The maximum atomic E-state index is 11.8. The van der Waals surface area contributed by atoms with Gasteiger partial charge in [0.2, 0.25) is 10.0 Å². The van der Waals surface area contributed by atoms with Crippen molar-refractivity contribution in [3.63, 3.8) is 0 Å². The Morgan fingerprint density at radius 2 is 1.90 bits per heavy atom. The predicted octanol–water partition coefficient (Wildman–Crippen LogP) is 4.78. The number of rotatable bonds is 7. The van der Waals surface area contributed by atoms with Crippen molar-refractivity contribution in [2.24, 2.45) is 0 Å². The van der Waals surface area contributed by atoms with Crippen LogP contribution in [-0.2, 0) is 10.0 Å². The van der Waals surface area contributed by atoms with Gasteiger partial charge in [0.05, 0.1) is 18.9 Å². The Bertz CT molecular complexity index is 1220. The van der Waals surface area contributed by atoms with Crippen molar-refractivity contribution in [1.29, 1.82) is 0 Å². The molecule has 3 aromatic carbocycles. The van der Waals surface area contributed by atoms with Crippen molar-refractivity contribution in [3.8, 4) is 28.4 Å². The lowest BCUT2D eigenvalue weighted by Crippen LogP contribution is -2.17. The molecule has 3 aromatic rings. The number of fused-ring (bicyclic) bond motifs is 3. The van der Waals surface area contributed by atoms with E-state index in [1.165, 1.54) is 0 Å². The van der Waals surface area contributed by atoms with Crippen LogP contribution in [0.4, 0.5) is 5.69 Å². The molecule has 1 unspecified atom stereocenters. The zero-order valence-corrected chi connectivity index (χ0v) is 18.1. The van der Waals surface area contributed by atoms with Crippen LogP contribution in [0.15, 0.2) is 73.3 Å². The first-order chi connectivity index (χ1) is 14.9. The summed E-state index contributed by atoms with van der Waals surface area (Å²) < 4.78 is 43.6. The van der Waals surface area contributed by atoms with Crippen LogP contribution in [0, 0.1) is 0 Å². The minimum absolute atomic E-state index is 0.426. The predicted molar refractivity (Wildman–Crippen MR) is 122 cm³/mol. The molecule has 1 heterocycles. The summed E-state index contributed by atoms with van der Waals surface area (Å²) in [6, 6.07) is 18.7. The van der Waals surface area contributed by atoms with Gasteiger partial charge >= 0.3 is 0 Å². The summed E-state index contributed by atoms with van der Waals surface area (Å²) in [5.74, 6) is 2.12. The first-order valence-corrected chi connectivity index (χ1v) is 11.6. The lowest BCUT2D eigenvalue weighted by atomic mass is 9.89. The van der Waals surface area contributed by atoms with Crippen LogP contribution in [0.3, 0.4) is 0 Å². The quantitative estimate of drug-likeness (QED) is 0.539. The highest BCUT2D eigenvalue weighted by Crippen LogP contribution is 2.49. The molecule has 0 fully saturated rings. The second kappa shape index (κ2) is 8.35. The Labute approximate surface area is 182 Å². The molecule has 1 N–H and O–H groups in total. The Morgan fingerprint density at radius 1 is 1.13 bits per heavy atom. The van der Waals surface area contributed by atoms with Crippen LogP contribution in [-0.4, -0.2) is 28.4 Å². The van der Waals surface area contributed by atoms with Gasteiger partial charge in [0, 0.05) is 11.3 Å². The van der Waals surface area contributed by atoms with Crippen LogP contribution >= 0.6 is 0 Å². The third-order valence-electron chi connectivity index (χ3n) is 4.91. The van der Waals surface area contributed by atoms with E-state index in [0.717, 1.165) is 34.3 Å². The highest BCUT2D eigenvalue weighted by Gasteiger charge is 2.30. The fraction of sp³-hybridized carbons (Fsp3) is 0.167. The van der Waals surface area contributed by atoms with Crippen molar-refractivity contribution in [2.75, 3.05) is 24.7 Å². The molecule has 6 nitrogen and oxygen atoms in total. The molecule has 0 saturated heterocycles. The van der Waals surface area contributed by atoms with E-state index in [9.17, 15) is 8.42 Å². The SMILES string of the molecule is C=CCOc1ccc(C2Oc3cccc(OC)c3-c3ccc(NS(C)(=O)=O)cc32)cc1. The molecule has 0 bridgehead atoms. The number of hydrogen-bond acceptors (Lipinski definition) is 5. The fourth-order valence-electron chi connectivity index (χ4n) is 3.66. The van der Waals surface area contributed by atoms with Crippen molar-refractivity contribution in [2.45, 2.75) is 6.10 Å².